The molecule has 0 aliphatic heterocycles. The first-order valence-electron chi connectivity index (χ1n) is 6.90. The first-order valence-corrected chi connectivity index (χ1v) is 6.90. The summed E-state index contributed by atoms with van der Waals surface area (Å²) in [4.78, 5) is 18.0. The Hall–Kier alpha value is -2.40. The molecule has 5 nitrogen and oxygen atoms in total. The lowest BCUT2D eigenvalue weighted by Crippen LogP contribution is -2.34. The van der Waals surface area contributed by atoms with Gasteiger partial charge in [0.2, 0.25) is 0 Å². The van der Waals surface area contributed by atoms with Crippen molar-refractivity contribution >= 4 is 6.09 Å². The second-order valence-corrected chi connectivity index (χ2v) is 4.61. The highest BCUT2D eigenvalue weighted by molar-refractivity contribution is 5.70. The average molecular weight is 285 g/mol. The van der Waals surface area contributed by atoms with Gasteiger partial charge in [0.25, 0.3) is 0 Å². The first-order chi connectivity index (χ1) is 10.3. The predicted molar refractivity (Wildman–Crippen MR) is 80.8 cm³/mol. The van der Waals surface area contributed by atoms with Crippen LogP contribution in [-0.2, 0) is 6.54 Å². The van der Waals surface area contributed by atoms with Crippen molar-refractivity contribution in [3.05, 3.63) is 60.4 Å². The highest BCUT2D eigenvalue weighted by Gasteiger charge is 2.16. The number of nitrogens with two attached hydrogens (primary N) is 1. The van der Waals surface area contributed by atoms with Gasteiger partial charge in [0, 0.05) is 18.9 Å². The Morgan fingerprint density at radius 1 is 1.19 bits per heavy atom. The zero-order valence-corrected chi connectivity index (χ0v) is 11.8. The lowest BCUT2D eigenvalue weighted by atomic mass is 10.2. The van der Waals surface area contributed by atoms with Crippen molar-refractivity contribution in [1.82, 2.24) is 9.88 Å². The van der Waals surface area contributed by atoms with Gasteiger partial charge in [-0.2, -0.15) is 0 Å². The van der Waals surface area contributed by atoms with E-state index in [9.17, 15) is 4.79 Å². The summed E-state index contributed by atoms with van der Waals surface area (Å²) in [6, 6.07) is 12.8. The van der Waals surface area contributed by atoms with E-state index < -0.39 is 0 Å². The van der Waals surface area contributed by atoms with Crippen LogP contribution in [0.5, 0.6) is 5.75 Å². The Balaban J connectivity index is 2.02. The van der Waals surface area contributed by atoms with Gasteiger partial charge in [-0.05, 0) is 36.7 Å². The van der Waals surface area contributed by atoms with Crippen LogP contribution < -0.4 is 10.5 Å². The normalized spacial score (nSPS) is 10.1. The zero-order valence-electron chi connectivity index (χ0n) is 11.8. The summed E-state index contributed by atoms with van der Waals surface area (Å²) in [6.45, 7) is 1.54. The zero-order chi connectivity index (χ0) is 14.9. The number of para-hydroxylation sites is 1. The lowest BCUT2D eigenvalue weighted by molar-refractivity contribution is 0.149. The van der Waals surface area contributed by atoms with Crippen molar-refractivity contribution in [3.8, 4) is 5.75 Å². The molecule has 0 atom stereocenters. The number of pyridine rings is 1. The largest absolute Gasteiger partial charge is 0.415 e. The number of benzene rings is 1. The molecule has 0 saturated carbocycles. The van der Waals surface area contributed by atoms with E-state index in [-0.39, 0.29) is 6.09 Å². The van der Waals surface area contributed by atoms with Crippen molar-refractivity contribution in [2.24, 2.45) is 5.73 Å². The quantitative estimate of drug-likeness (QED) is 0.885. The molecule has 0 aliphatic rings. The van der Waals surface area contributed by atoms with Gasteiger partial charge < -0.3 is 15.4 Å². The summed E-state index contributed by atoms with van der Waals surface area (Å²) < 4.78 is 5.37. The number of hydrogen-bond acceptors (Lipinski definition) is 4. The monoisotopic (exact) mass is 285 g/mol. The molecule has 0 spiro atoms. The molecule has 21 heavy (non-hydrogen) atoms. The minimum Gasteiger partial charge on any atom is -0.410 e. The number of nitrogens with zero attached hydrogens (tertiary/aromatic N) is 2. The Kier molecular flexibility index (Phi) is 5.72. The summed E-state index contributed by atoms with van der Waals surface area (Å²) in [6.07, 6.45) is 3.80. The molecule has 1 amide bonds. The molecule has 2 rings (SSSR count). The van der Waals surface area contributed by atoms with Crippen LogP contribution in [-0.4, -0.2) is 29.1 Å². The van der Waals surface area contributed by atoms with Gasteiger partial charge >= 0.3 is 6.09 Å². The summed E-state index contributed by atoms with van der Waals surface area (Å²) >= 11 is 0. The van der Waals surface area contributed by atoms with Crippen molar-refractivity contribution < 1.29 is 9.53 Å². The van der Waals surface area contributed by atoms with Crippen LogP contribution >= 0.6 is 0 Å². The van der Waals surface area contributed by atoms with Crippen LogP contribution in [0.2, 0.25) is 0 Å². The molecule has 1 aromatic carbocycles. The number of amides is 1. The predicted octanol–water partition coefficient (Wildman–Crippen LogP) is 2.43. The molecule has 0 saturated heterocycles. The van der Waals surface area contributed by atoms with Gasteiger partial charge in [-0.1, -0.05) is 24.3 Å². The summed E-state index contributed by atoms with van der Waals surface area (Å²) in [5.74, 6) is 0.534. The van der Waals surface area contributed by atoms with Crippen LogP contribution in [0.3, 0.4) is 0 Å². The SMILES string of the molecule is NCCCN(Cc1cccnc1)C(=O)Oc1ccccc1. The topological polar surface area (TPSA) is 68.5 Å². The standard InChI is InChI=1S/C16H19N3O2/c17-9-5-11-19(13-14-6-4-10-18-12-14)16(20)21-15-7-2-1-3-8-15/h1-4,6-8,10,12H,5,9,11,13,17H2. The smallest absolute Gasteiger partial charge is 0.410 e. The fraction of sp³-hybridized carbons (Fsp3) is 0.250. The summed E-state index contributed by atoms with van der Waals surface area (Å²) in [7, 11) is 0. The van der Waals surface area contributed by atoms with Crippen LogP contribution in [0.15, 0.2) is 54.9 Å². The lowest BCUT2D eigenvalue weighted by Gasteiger charge is -2.21. The molecule has 0 unspecified atom stereocenters. The molecule has 0 bridgehead atoms. The number of carbonyl (C=O) groups is 1. The van der Waals surface area contributed by atoms with E-state index in [1.54, 1.807) is 29.4 Å². The number of ether oxygens (including phenoxy) is 1. The minimum absolute atomic E-state index is 0.376. The molecule has 1 heterocycles. The van der Waals surface area contributed by atoms with Gasteiger partial charge in [0.05, 0.1) is 6.54 Å². The van der Waals surface area contributed by atoms with E-state index in [1.165, 1.54) is 0 Å². The molecule has 0 aliphatic carbocycles. The molecule has 5 heteroatoms. The Bertz CT molecular complexity index is 546. The molecule has 2 N–H and O–H groups in total. The van der Waals surface area contributed by atoms with Crippen LogP contribution in [0.1, 0.15) is 12.0 Å². The number of carbonyl (C=O) groups excluding carboxylic acids is 1. The van der Waals surface area contributed by atoms with Crippen LogP contribution in [0, 0.1) is 0 Å². The molecular weight excluding hydrogens is 266 g/mol. The van der Waals surface area contributed by atoms with E-state index >= 15 is 0 Å². The minimum atomic E-state index is -0.376. The number of aromatic nitrogens is 1. The van der Waals surface area contributed by atoms with E-state index in [0.717, 1.165) is 12.0 Å². The van der Waals surface area contributed by atoms with E-state index in [4.69, 9.17) is 10.5 Å². The second-order valence-electron chi connectivity index (χ2n) is 4.61. The first kappa shape index (κ1) is 15.0. The maximum Gasteiger partial charge on any atom is 0.415 e. The third-order valence-corrected chi connectivity index (χ3v) is 2.93. The number of rotatable bonds is 6. The van der Waals surface area contributed by atoms with Crippen LogP contribution in [0.25, 0.3) is 0 Å². The van der Waals surface area contributed by atoms with Gasteiger partial charge in [-0.3, -0.25) is 4.98 Å². The molecule has 1 aromatic heterocycles. The third-order valence-electron chi connectivity index (χ3n) is 2.93. The summed E-state index contributed by atoms with van der Waals surface area (Å²) in [5, 5.41) is 0. The Morgan fingerprint density at radius 2 is 2.00 bits per heavy atom. The third kappa shape index (κ3) is 4.89. The van der Waals surface area contributed by atoms with Crippen molar-refractivity contribution in [2.75, 3.05) is 13.1 Å². The van der Waals surface area contributed by atoms with E-state index in [1.807, 2.05) is 30.3 Å². The highest BCUT2D eigenvalue weighted by atomic mass is 16.6. The van der Waals surface area contributed by atoms with Crippen molar-refractivity contribution in [1.29, 1.82) is 0 Å². The highest BCUT2D eigenvalue weighted by Crippen LogP contribution is 2.12. The van der Waals surface area contributed by atoms with Crippen LogP contribution in [0.4, 0.5) is 4.79 Å². The number of hydrogen-bond donors (Lipinski definition) is 1. The molecule has 0 fully saturated rings. The Morgan fingerprint density at radius 3 is 2.67 bits per heavy atom. The summed E-state index contributed by atoms with van der Waals surface area (Å²) in [5.41, 5.74) is 6.49. The molecule has 110 valence electrons. The van der Waals surface area contributed by atoms with Crippen molar-refractivity contribution in [3.63, 3.8) is 0 Å². The maximum atomic E-state index is 12.3. The maximum absolute atomic E-state index is 12.3. The fourth-order valence-electron chi connectivity index (χ4n) is 1.88. The molecular formula is C16H19N3O2. The average Bonchev–Trinajstić information content (AvgIpc) is 2.53. The van der Waals surface area contributed by atoms with Gasteiger partial charge in [-0.15, -0.1) is 0 Å². The Labute approximate surface area is 124 Å². The molecule has 0 radical (unpaired) electrons. The van der Waals surface area contributed by atoms with E-state index in [2.05, 4.69) is 4.98 Å². The second kappa shape index (κ2) is 8.01. The van der Waals surface area contributed by atoms with Gasteiger partial charge in [-0.25, -0.2) is 4.79 Å². The van der Waals surface area contributed by atoms with Crippen molar-refractivity contribution in [2.45, 2.75) is 13.0 Å². The van der Waals surface area contributed by atoms with Gasteiger partial charge in [0.1, 0.15) is 5.75 Å². The molecule has 2 aromatic rings. The van der Waals surface area contributed by atoms with E-state index in [0.29, 0.717) is 25.4 Å². The fourth-order valence-corrected chi connectivity index (χ4v) is 1.88. The van der Waals surface area contributed by atoms with Gasteiger partial charge in [0.15, 0.2) is 0 Å².